The van der Waals surface area contributed by atoms with Crippen molar-refractivity contribution in [2.24, 2.45) is 0 Å². The number of unbranched alkanes of at least 4 members (excludes halogenated alkanes) is 2. The standard InChI is InChI=1S/C28H32O4S/c1-6-7-8-9-21-17-25-27(23-16-20(3)12-15-24(23)28(4,5)31-25)26(18-21)32-33(29,30)22-13-10-19(2)11-14-22/h10-18H,6-9H2,1-5H3. The molecule has 0 radical (unpaired) electrons. The lowest BCUT2D eigenvalue weighted by Gasteiger charge is -2.36. The number of benzene rings is 3. The molecule has 0 saturated carbocycles. The lowest BCUT2D eigenvalue weighted by molar-refractivity contribution is 0.105. The summed E-state index contributed by atoms with van der Waals surface area (Å²) in [5.41, 5.74) is 5.23. The summed E-state index contributed by atoms with van der Waals surface area (Å²) < 4.78 is 38.7. The number of aryl methyl sites for hydroxylation is 3. The van der Waals surface area contributed by atoms with Gasteiger partial charge >= 0.3 is 10.1 Å². The lowest BCUT2D eigenvalue weighted by atomic mass is 9.84. The van der Waals surface area contributed by atoms with Crippen molar-refractivity contribution < 1.29 is 17.3 Å². The fourth-order valence-electron chi connectivity index (χ4n) is 4.37. The van der Waals surface area contributed by atoms with E-state index in [1.54, 1.807) is 24.3 Å². The predicted octanol–water partition coefficient (Wildman–Crippen LogP) is 7.10. The molecule has 1 heterocycles. The zero-order chi connectivity index (χ0) is 23.8. The first kappa shape index (κ1) is 23.4. The topological polar surface area (TPSA) is 52.6 Å². The van der Waals surface area contributed by atoms with Gasteiger partial charge in [0, 0.05) is 5.56 Å². The molecule has 174 valence electrons. The second-order valence-corrected chi connectivity index (χ2v) is 11.0. The van der Waals surface area contributed by atoms with Crippen molar-refractivity contribution in [1.29, 1.82) is 0 Å². The fraction of sp³-hybridized carbons (Fsp3) is 0.357. The molecule has 0 N–H and O–H groups in total. The van der Waals surface area contributed by atoms with Crippen LogP contribution in [0.3, 0.4) is 0 Å². The molecule has 0 amide bonds. The average molecular weight is 465 g/mol. The van der Waals surface area contributed by atoms with Gasteiger partial charge < -0.3 is 8.92 Å². The molecule has 4 nitrogen and oxygen atoms in total. The van der Waals surface area contributed by atoms with E-state index in [1.165, 1.54) is 0 Å². The van der Waals surface area contributed by atoms with Crippen LogP contribution in [0, 0.1) is 13.8 Å². The van der Waals surface area contributed by atoms with Crippen LogP contribution in [0.15, 0.2) is 59.5 Å². The fourth-order valence-corrected chi connectivity index (χ4v) is 5.30. The summed E-state index contributed by atoms with van der Waals surface area (Å²) in [6.07, 6.45) is 4.10. The summed E-state index contributed by atoms with van der Waals surface area (Å²) in [6.45, 7) is 10.2. The number of hydrogen-bond donors (Lipinski definition) is 0. The highest BCUT2D eigenvalue weighted by Crippen LogP contribution is 2.50. The summed E-state index contributed by atoms with van der Waals surface area (Å²) in [7, 11) is -4.00. The highest BCUT2D eigenvalue weighted by molar-refractivity contribution is 7.87. The summed E-state index contributed by atoms with van der Waals surface area (Å²) in [5, 5.41) is 0. The molecule has 3 aromatic rings. The maximum atomic E-state index is 13.2. The first-order valence-electron chi connectivity index (χ1n) is 11.6. The van der Waals surface area contributed by atoms with E-state index in [-0.39, 0.29) is 4.90 Å². The van der Waals surface area contributed by atoms with Crippen LogP contribution in [-0.4, -0.2) is 8.42 Å². The average Bonchev–Trinajstić information content (AvgIpc) is 2.73. The van der Waals surface area contributed by atoms with Gasteiger partial charge in [0.05, 0.1) is 5.56 Å². The molecule has 0 aliphatic carbocycles. The molecule has 1 aliphatic rings. The van der Waals surface area contributed by atoms with Crippen molar-refractivity contribution in [2.75, 3.05) is 0 Å². The normalized spacial score (nSPS) is 14.2. The molecule has 0 aromatic heterocycles. The van der Waals surface area contributed by atoms with E-state index in [0.717, 1.165) is 53.5 Å². The first-order chi connectivity index (χ1) is 15.6. The Morgan fingerprint density at radius 3 is 2.30 bits per heavy atom. The Kier molecular flexibility index (Phi) is 6.28. The van der Waals surface area contributed by atoms with Gasteiger partial charge in [-0.2, -0.15) is 8.42 Å². The molecular formula is C28H32O4S. The second-order valence-electron chi connectivity index (χ2n) is 9.44. The van der Waals surface area contributed by atoms with Crippen LogP contribution < -0.4 is 8.92 Å². The Hall–Kier alpha value is -2.79. The summed E-state index contributed by atoms with van der Waals surface area (Å²) >= 11 is 0. The van der Waals surface area contributed by atoms with E-state index < -0.39 is 15.7 Å². The quantitative estimate of drug-likeness (QED) is 0.276. The number of hydrogen-bond acceptors (Lipinski definition) is 4. The SMILES string of the molecule is CCCCCc1cc2c(c(OS(=O)(=O)c3ccc(C)cc3)c1)-c1cc(C)ccc1C(C)(C)O2. The third-order valence-electron chi connectivity index (χ3n) is 6.16. The molecule has 0 fully saturated rings. The molecule has 4 rings (SSSR count). The van der Waals surface area contributed by atoms with Crippen molar-refractivity contribution in [3.63, 3.8) is 0 Å². The maximum absolute atomic E-state index is 13.2. The zero-order valence-electron chi connectivity index (χ0n) is 20.1. The van der Waals surface area contributed by atoms with E-state index in [2.05, 4.69) is 25.1 Å². The van der Waals surface area contributed by atoms with Gasteiger partial charge in [-0.1, -0.05) is 61.2 Å². The number of rotatable bonds is 7. The largest absolute Gasteiger partial charge is 0.482 e. The Bertz CT molecular complexity index is 1270. The van der Waals surface area contributed by atoms with Gasteiger partial charge in [-0.05, 0) is 75.9 Å². The number of fused-ring (bicyclic) bond motifs is 3. The van der Waals surface area contributed by atoms with Crippen molar-refractivity contribution in [1.82, 2.24) is 0 Å². The minimum Gasteiger partial charge on any atom is -0.482 e. The monoisotopic (exact) mass is 464 g/mol. The molecule has 33 heavy (non-hydrogen) atoms. The third-order valence-corrected chi connectivity index (χ3v) is 7.41. The predicted molar refractivity (Wildman–Crippen MR) is 132 cm³/mol. The van der Waals surface area contributed by atoms with Gasteiger partial charge in [-0.25, -0.2) is 0 Å². The molecular weight excluding hydrogens is 432 g/mol. The molecule has 5 heteroatoms. The molecule has 0 spiro atoms. The van der Waals surface area contributed by atoms with E-state index in [0.29, 0.717) is 17.1 Å². The minimum atomic E-state index is -4.00. The summed E-state index contributed by atoms with van der Waals surface area (Å²) in [5.74, 6) is 0.989. The van der Waals surface area contributed by atoms with Gasteiger partial charge in [0.1, 0.15) is 16.2 Å². The van der Waals surface area contributed by atoms with Crippen LogP contribution in [0.5, 0.6) is 11.5 Å². The van der Waals surface area contributed by atoms with Gasteiger partial charge in [-0.15, -0.1) is 0 Å². The van der Waals surface area contributed by atoms with E-state index >= 15 is 0 Å². The van der Waals surface area contributed by atoms with Gasteiger partial charge in [-0.3, -0.25) is 0 Å². The van der Waals surface area contributed by atoms with Gasteiger partial charge in [0.15, 0.2) is 5.75 Å². The Balaban J connectivity index is 1.87. The van der Waals surface area contributed by atoms with E-state index in [1.807, 2.05) is 39.8 Å². The molecule has 3 aromatic carbocycles. The first-order valence-corrected chi connectivity index (χ1v) is 13.0. The minimum absolute atomic E-state index is 0.139. The summed E-state index contributed by atoms with van der Waals surface area (Å²) in [4.78, 5) is 0.139. The smallest absolute Gasteiger partial charge is 0.339 e. The van der Waals surface area contributed by atoms with Gasteiger partial charge in [0.2, 0.25) is 0 Å². The highest BCUT2D eigenvalue weighted by atomic mass is 32.2. The third kappa shape index (κ3) is 4.79. The summed E-state index contributed by atoms with van der Waals surface area (Å²) in [6, 6.07) is 16.8. The van der Waals surface area contributed by atoms with Crippen LogP contribution in [0.2, 0.25) is 0 Å². The maximum Gasteiger partial charge on any atom is 0.339 e. The van der Waals surface area contributed by atoms with Crippen molar-refractivity contribution in [3.05, 3.63) is 76.9 Å². The second kappa shape index (κ2) is 8.86. The highest BCUT2D eigenvalue weighted by Gasteiger charge is 2.35. The zero-order valence-corrected chi connectivity index (χ0v) is 20.9. The molecule has 0 unspecified atom stereocenters. The Morgan fingerprint density at radius 2 is 1.61 bits per heavy atom. The van der Waals surface area contributed by atoms with Crippen molar-refractivity contribution in [3.8, 4) is 22.6 Å². The van der Waals surface area contributed by atoms with Crippen LogP contribution in [0.4, 0.5) is 0 Å². The molecule has 0 atom stereocenters. The van der Waals surface area contributed by atoms with Crippen LogP contribution in [-0.2, 0) is 22.1 Å². The molecule has 0 bridgehead atoms. The lowest BCUT2D eigenvalue weighted by Crippen LogP contribution is -2.29. The van der Waals surface area contributed by atoms with Crippen LogP contribution in [0.1, 0.15) is 62.3 Å². The van der Waals surface area contributed by atoms with E-state index in [9.17, 15) is 8.42 Å². The molecule has 1 aliphatic heterocycles. The van der Waals surface area contributed by atoms with Crippen LogP contribution >= 0.6 is 0 Å². The van der Waals surface area contributed by atoms with Gasteiger partial charge in [0.25, 0.3) is 0 Å². The molecule has 0 saturated heterocycles. The van der Waals surface area contributed by atoms with Crippen molar-refractivity contribution in [2.45, 2.75) is 70.8 Å². The Morgan fingerprint density at radius 1 is 0.909 bits per heavy atom. The van der Waals surface area contributed by atoms with E-state index in [4.69, 9.17) is 8.92 Å². The van der Waals surface area contributed by atoms with Crippen molar-refractivity contribution >= 4 is 10.1 Å². The Labute approximate surface area is 197 Å². The van der Waals surface area contributed by atoms with Crippen LogP contribution in [0.25, 0.3) is 11.1 Å². The number of ether oxygens (including phenoxy) is 1.